The number of rotatable bonds is 4. The van der Waals surface area contributed by atoms with E-state index in [-0.39, 0.29) is 0 Å². The van der Waals surface area contributed by atoms with Gasteiger partial charge in [-0.1, -0.05) is 50.5 Å². The van der Waals surface area contributed by atoms with Gasteiger partial charge in [-0.25, -0.2) is 0 Å². The van der Waals surface area contributed by atoms with Gasteiger partial charge in [0.05, 0.1) is 0 Å². The van der Waals surface area contributed by atoms with Gasteiger partial charge in [-0.2, -0.15) is 0 Å². The largest absolute Gasteiger partial charge is 0.298 e. The predicted octanol–water partition coefficient (Wildman–Crippen LogP) is 4.48. The highest BCUT2D eigenvalue weighted by molar-refractivity contribution is 5.22. The zero-order chi connectivity index (χ0) is 16.4. The van der Waals surface area contributed by atoms with Gasteiger partial charge in [0.1, 0.15) is 0 Å². The fraction of sp³-hybridized carbons (Fsp3) is 0.727. The Hall–Kier alpha value is -0.860. The molecule has 2 nitrogen and oxygen atoms in total. The van der Waals surface area contributed by atoms with E-state index >= 15 is 0 Å². The van der Waals surface area contributed by atoms with Gasteiger partial charge in [0.2, 0.25) is 0 Å². The molecule has 0 radical (unpaired) electrons. The monoisotopic (exact) mass is 326 g/mol. The fourth-order valence-electron chi connectivity index (χ4n) is 5.55. The van der Waals surface area contributed by atoms with Crippen LogP contribution in [-0.2, 0) is 13.0 Å². The van der Waals surface area contributed by atoms with Crippen LogP contribution in [-0.4, -0.2) is 41.5 Å². The lowest BCUT2D eigenvalue weighted by Gasteiger charge is -2.49. The molecule has 1 saturated carbocycles. The van der Waals surface area contributed by atoms with Crippen molar-refractivity contribution in [3.8, 4) is 0 Å². The van der Waals surface area contributed by atoms with Gasteiger partial charge < -0.3 is 0 Å². The second-order valence-corrected chi connectivity index (χ2v) is 8.27. The Morgan fingerprint density at radius 3 is 2.33 bits per heavy atom. The van der Waals surface area contributed by atoms with E-state index in [0.29, 0.717) is 0 Å². The van der Waals surface area contributed by atoms with Crippen LogP contribution in [0.4, 0.5) is 0 Å². The Kier molecular flexibility index (Phi) is 5.24. The van der Waals surface area contributed by atoms with Gasteiger partial charge in [-0.3, -0.25) is 9.80 Å². The van der Waals surface area contributed by atoms with E-state index < -0.39 is 0 Å². The van der Waals surface area contributed by atoms with Crippen LogP contribution in [0.25, 0.3) is 0 Å². The first-order valence-corrected chi connectivity index (χ1v) is 10.4. The van der Waals surface area contributed by atoms with Crippen LogP contribution in [0.1, 0.15) is 63.0 Å². The maximum atomic E-state index is 2.86. The van der Waals surface area contributed by atoms with Crippen molar-refractivity contribution in [1.82, 2.24) is 9.80 Å². The molecule has 0 amide bonds. The second kappa shape index (κ2) is 7.58. The van der Waals surface area contributed by atoms with Crippen LogP contribution in [0.5, 0.6) is 0 Å². The molecule has 24 heavy (non-hydrogen) atoms. The molecule has 0 aromatic heterocycles. The third-order valence-electron chi connectivity index (χ3n) is 6.85. The highest BCUT2D eigenvalue weighted by Gasteiger charge is 2.42. The van der Waals surface area contributed by atoms with Crippen LogP contribution in [0, 0.1) is 5.92 Å². The smallest absolute Gasteiger partial charge is 0.0283 e. The summed E-state index contributed by atoms with van der Waals surface area (Å²) in [5.41, 5.74) is 2.97. The Bertz CT molecular complexity index is 517. The topological polar surface area (TPSA) is 6.48 Å². The summed E-state index contributed by atoms with van der Waals surface area (Å²) in [5, 5.41) is 0. The Labute approximate surface area is 148 Å². The van der Waals surface area contributed by atoms with Gasteiger partial charge in [0.15, 0.2) is 0 Å². The average Bonchev–Trinajstić information content (AvgIpc) is 3.11. The Balaban J connectivity index is 1.52. The number of fused-ring (bicyclic) bond motifs is 1. The predicted molar refractivity (Wildman–Crippen MR) is 101 cm³/mol. The molecule has 1 aromatic carbocycles. The summed E-state index contributed by atoms with van der Waals surface area (Å²) >= 11 is 0. The van der Waals surface area contributed by atoms with E-state index in [4.69, 9.17) is 0 Å². The minimum atomic E-state index is 0.812. The third kappa shape index (κ3) is 3.41. The van der Waals surface area contributed by atoms with E-state index in [9.17, 15) is 0 Å². The maximum absolute atomic E-state index is 2.86. The van der Waals surface area contributed by atoms with Gasteiger partial charge >= 0.3 is 0 Å². The lowest BCUT2D eigenvalue weighted by Crippen LogP contribution is -2.59. The molecule has 2 atom stereocenters. The lowest BCUT2D eigenvalue weighted by molar-refractivity contribution is -0.00380. The summed E-state index contributed by atoms with van der Waals surface area (Å²) in [6.45, 7) is 7.32. The summed E-state index contributed by atoms with van der Waals surface area (Å²) < 4.78 is 0. The molecule has 0 unspecified atom stereocenters. The first kappa shape index (κ1) is 16.6. The van der Waals surface area contributed by atoms with Gasteiger partial charge in [0.25, 0.3) is 0 Å². The van der Waals surface area contributed by atoms with Crippen molar-refractivity contribution in [2.75, 3.05) is 19.6 Å². The summed E-state index contributed by atoms with van der Waals surface area (Å²) in [7, 11) is 0. The second-order valence-electron chi connectivity index (χ2n) is 8.27. The van der Waals surface area contributed by atoms with Gasteiger partial charge in [-0.15, -0.1) is 0 Å². The number of hydrogen-bond donors (Lipinski definition) is 0. The standard InChI is InChI=1S/C22H34N2/c1-2-18-10-12-19(13-11-18)17-24-16-15-23-14-6-9-21(23)22(24)20-7-4-3-5-8-20/h10-13,20-22H,2-9,14-17H2,1H3/t21-,22-/m0/s1. The highest BCUT2D eigenvalue weighted by atomic mass is 15.3. The molecule has 2 heterocycles. The summed E-state index contributed by atoms with van der Waals surface area (Å²) in [6.07, 6.45) is 11.3. The van der Waals surface area contributed by atoms with Crippen molar-refractivity contribution in [2.45, 2.75) is 76.9 Å². The van der Waals surface area contributed by atoms with Crippen molar-refractivity contribution >= 4 is 0 Å². The molecule has 0 N–H and O–H groups in total. The summed E-state index contributed by atoms with van der Waals surface area (Å²) in [4.78, 5) is 5.68. The molecule has 4 rings (SSSR count). The van der Waals surface area contributed by atoms with Crippen molar-refractivity contribution in [3.05, 3.63) is 35.4 Å². The van der Waals surface area contributed by atoms with Crippen LogP contribution in [0.3, 0.4) is 0 Å². The normalized spacial score (nSPS) is 29.7. The molecular formula is C22H34N2. The first-order chi connectivity index (χ1) is 11.8. The molecular weight excluding hydrogens is 292 g/mol. The molecule has 2 aliphatic heterocycles. The van der Waals surface area contributed by atoms with E-state index in [0.717, 1.165) is 31.0 Å². The van der Waals surface area contributed by atoms with Crippen molar-refractivity contribution in [1.29, 1.82) is 0 Å². The van der Waals surface area contributed by atoms with Crippen molar-refractivity contribution in [3.63, 3.8) is 0 Å². The summed E-state index contributed by atoms with van der Waals surface area (Å²) in [6, 6.07) is 11.1. The molecule has 2 saturated heterocycles. The van der Waals surface area contributed by atoms with Crippen LogP contribution < -0.4 is 0 Å². The zero-order valence-electron chi connectivity index (χ0n) is 15.4. The van der Waals surface area contributed by atoms with Crippen molar-refractivity contribution < 1.29 is 0 Å². The lowest BCUT2D eigenvalue weighted by atomic mass is 9.78. The molecule has 3 fully saturated rings. The number of nitrogens with zero attached hydrogens (tertiary/aromatic N) is 2. The fourth-order valence-corrected chi connectivity index (χ4v) is 5.55. The molecule has 1 aromatic rings. The molecule has 2 heteroatoms. The van der Waals surface area contributed by atoms with E-state index in [2.05, 4.69) is 41.0 Å². The van der Waals surface area contributed by atoms with Crippen LogP contribution in [0.2, 0.25) is 0 Å². The number of benzene rings is 1. The zero-order valence-corrected chi connectivity index (χ0v) is 15.4. The maximum Gasteiger partial charge on any atom is 0.0283 e. The molecule has 0 bridgehead atoms. The third-order valence-corrected chi connectivity index (χ3v) is 6.85. The van der Waals surface area contributed by atoms with E-state index in [1.54, 1.807) is 0 Å². The molecule has 1 aliphatic carbocycles. The van der Waals surface area contributed by atoms with Gasteiger partial charge in [-0.05, 0) is 55.7 Å². The molecule has 0 spiro atoms. The minimum absolute atomic E-state index is 0.812. The van der Waals surface area contributed by atoms with Gasteiger partial charge in [0, 0.05) is 31.7 Å². The Morgan fingerprint density at radius 2 is 1.58 bits per heavy atom. The van der Waals surface area contributed by atoms with E-state index in [1.807, 2.05) is 0 Å². The van der Waals surface area contributed by atoms with Crippen LogP contribution in [0.15, 0.2) is 24.3 Å². The van der Waals surface area contributed by atoms with Crippen LogP contribution >= 0.6 is 0 Å². The highest BCUT2D eigenvalue weighted by Crippen LogP contribution is 2.38. The average molecular weight is 327 g/mol. The molecule has 132 valence electrons. The quantitative estimate of drug-likeness (QED) is 0.805. The number of piperazine rings is 1. The SMILES string of the molecule is CCc1ccc(CN2CCN3CCC[C@H]3[C@@H]2C2CCCCC2)cc1. The first-order valence-electron chi connectivity index (χ1n) is 10.4. The number of hydrogen-bond acceptors (Lipinski definition) is 2. The van der Waals surface area contributed by atoms with Crippen molar-refractivity contribution in [2.24, 2.45) is 5.92 Å². The number of aryl methyl sites for hydroxylation is 1. The minimum Gasteiger partial charge on any atom is -0.298 e. The van der Waals surface area contributed by atoms with E-state index in [1.165, 1.54) is 75.7 Å². The molecule has 3 aliphatic rings. The summed E-state index contributed by atoms with van der Waals surface area (Å²) in [5.74, 6) is 0.944. The Morgan fingerprint density at radius 1 is 0.833 bits per heavy atom.